The number of aryl methyl sites for hydroxylation is 2. The van der Waals surface area contributed by atoms with Crippen LogP contribution in [0.15, 0.2) is 54.9 Å². The van der Waals surface area contributed by atoms with Crippen LogP contribution in [0.25, 0.3) is 32.5 Å². The molecule has 0 saturated carbocycles. The van der Waals surface area contributed by atoms with Crippen molar-refractivity contribution in [3.05, 3.63) is 71.5 Å². The molecular weight excluding hydrogens is 348 g/mol. The van der Waals surface area contributed by atoms with Gasteiger partial charge in [-0.2, -0.15) is 4.37 Å². The van der Waals surface area contributed by atoms with Crippen molar-refractivity contribution in [2.75, 3.05) is 0 Å². The van der Waals surface area contributed by atoms with Gasteiger partial charge < -0.3 is 0 Å². The fourth-order valence-electron chi connectivity index (χ4n) is 3.90. The second-order valence-corrected chi connectivity index (χ2v) is 7.61. The molecule has 0 aliphatic carbocycles. The van der Waals surface area contributed by atoms with Gasteiger partial charge in [0.15, 0.2) is 0 Å². The second kappa shape index (κ2) is 7.61. The number of rotatable bonds is 5. The molecule has 0 aliphatic rings. The smallest absolute Gasteiger partial charge is 0.0708 e. The molecule has 0 radical (unpaired) electrons. The first-order valence-corrected chi connectivity index (χ1v) is 10.5. The molecule has 3 heteroatoms. The van der Waals surface area contributed by atoms with Crippen LogP contribution in [0.4, 0.5) is 0 Å². The quantitative estimate of drug-likeness (QED) is 0.389. The molecule has 0 atom stereocenters. The molecule has 0 aliphatic heterocycles. The maximum atomic E-state index is 4.53. The van der Waals surface area contributed by atoms with Crippen molar-refractivity contribution in [2.45, 2.75) is 40.0 Å². The molecule has 0 spiro atoms. The molecule has 2 nitrogen and oxygen atoms in total. The third-order valence-corrected chi connectivity index (χ3v) is 6.15. The maximum Gasteiger partial charge on any atom is 0.0708 e. The molecule has 0 fully saturated rings. The Labute approximate surface area is 165 Å². The molecule has 0 saturated heterocycles. The molecule has 2 aromatic heterocycles. The van der Waals surface area contributed by atoms with E-state index in [1.807, 2.05) is 18.5 Å². The largest absolute Gasteiger partial charge is 0.256 e. The summed E-state index contributed by atoms with van der Waals surface area (Å²) in [6.07, 6.45) is 7.08. The fraction of sp³-hybridized carbons (Fsp3) is 0.250. The third-order valence-electron chi connectivity index (χ3n) is 5.30. The molecule has 2 heterocycles. The lowest BCUT2D eigenvalue weighted by molar-refractivity contribution is 0.983. The highest BCUT2D eigenvalue weighted by Gasteiger charge is 2.15. The minimum absolute atomic E-state index is 1.02. The highest BCUT2D eigenvalue weighted by atomic mass is 32.1. The van der Waals surface area contributed by atoms with Crippen LogP contribution in [0.5, 0.6) is 0 Å². The second-order valence-electron chi connectivity index (χ2n) is 6.81. The summed E-state index contributed by atoms with van der Waals surface area (Å²) >= 11 is 1.58. The number of aromatic nitrogens is 2. The Morgan fingerprint density at radius 1 is 0.852 bits per heavy atom. The maximum absolute atomic E-state index is 4.53. The van der Waals surface area contributed by atoms with Gasteiger partial charge in [0.1, 0.15) is 0 Å². The fourth-order valence-corrected chi connectivity index (χ4v) is 4.66. The number of hydrogen-bond donors (Lipinski definition) is 0. The van der Waals surface area contributed by atoms with Crippen LogP contribution in [-0.2, 0) is 19.3 Å². The zero-order valence-electron chi connectivity index (χ0n) is 16.1. The summed E-state index contributed by atoms with van der Waals surface area (Å²) < 4.78 is 4.53. The van der Waals surface area contributed by atoms with E-state index in [1.165, 1.54) is 43.6 Å². The first-order chi connectivity index (χ1) is 13.2. The number of pyridine rings is 1. The Hall–Kier alpha value is -2.52. The van der Waals surface area contributed by atoms with Crippen molar-refractivity contribution in [1.82, 2.24) is 9.36 Å². The lowest BCUT2D eigenvalue weighted by Crippen LogP contribution is -1.98. The topological polar surface area (TPSA) is 25.8 Å². The summed E-state index contributed by atoms with van der Waals surface area (Å²) in [6.45, 7) is 6.76. The van der Waals surface area contributed by atoms with E-state index in [2.05, 4.69) is 66.5 Å². The van der Waals surface area contributed by atoms with E-state index >= 15 is 0 Å². The van der Waals surface area contributed by atoms with E-state index in [0.717, 1.165) is 24.8 Å². The van der Waals surface area contributed by atoms with Crippen molar-refractivity contribution in [1.29, 1.82) is 0 Å². The summed E-state index contributed by atoms with van der Waals surface area (Å²) in [5.74, 6) is 0. The van der Waals surface area contributed by atoms with Gasteiger partial charge in [0.05, 0.1) is 10.4 Å². The van der Waals surface area contributed by atoms with Crippen LogP contribution in [0.2, 0.25) is 0 Å². The Morgan fingerprint density at radius 2 is 1.63 bits per heavy atom. The highest BCUT2D eigenvalue weighted by Crippen LogP contribution is 2.38. The van der Waals surface area contributed by atoms with Crippen molar-refractivity contribution in [3.63, 3.8) is 0 Å². The van der Waals surface area contributed by atoms with Crippen LogP contribution in [0, 0.1) is 0 Å². The normalized spacial score (nSPS) is 11.2. The standard InChI is InChI=1S/C24H24N2S/c1-4-16-12-20(13-17(5-2)21(16)6-3)24-22(15-26-27-24)19-10-9-18-8-7-11-25-23(18)14-19/h7-15H,4-6H2,1-3H3. The van der Waals surface area contributed by atoms with Crippen molar-refractivity contribution < 1.29 is 0 Å². The number of nitrogens with zero attached hydrogens (tertiary/aromatic N) is 2. The van der Waals surface area contributed by atoms with E-state index in [0.29, 0.717) is 0 Å². The van der Waals surface area contributed by atoms with E-state index < -0.39 is 0 Å². The lowest BCUT2D eigenvalue weighted by atomic mass is 9.91. The van der Waals surface area contributed by atoms with E-state index in [9.17, 15) is 0 Å². The van der Waals surface area contributed by atoms with Gasteiger partial charge in [-0.3, -0.25) is 4.98 Å². The molecule has 0 unspecified atom stereocenters. The lowest BCUT2D eigenvalue weighted by Gasteiger charge is -2.15. The molecule has 2 aromatic carbocycles. The molecule has 27 heavy (non-hydrogen) atoms. The van der Waals surface area contributed by atoms with Gasteiger partial charge >= 0.3 is 0 Å². The predicted octanol–water partition coefficient (Wildman–Crippen LogP) is 6.71. The zero-order chi connectivity index (χ0) is 18.8. The van der Waals surface area contributed by atoms with Gasteiger partial charge in [0, 0.05) is 23.3 Å². The van der Waals surface area contributed by atoms with Gasteiger partial charge in [-0.1, -0.05) is 39.0 Å². The molecule has 0 bridgehead atoms. The SMILES string of the molecule is CCc1cc(-c2sncc2-c2ccc3cccnc3c2)cc(CC)c1CC. The minimum Gasteiger partial charge on any atom is -0.256 e. The number of fused-ring (bicyclic) bond motifs is 1. The first-order valence-electron chi connectivity index (χ1n) is 9.70. The molecular formula is C24H24N2S. The summed E-state index contributed by atoms with van der Waals surface area (Å²) in [7, 11) is 0. The van der Waals surface area contributed by atoms with Crippen LogP contribution in [0.3, 0.4) is 0 Å². The predicted molar refractivity (Wildman–Crippen MR) is 116 cm³/mol. The zero-order valence-corrected chi connectivity index (χ0v) is 16.9. The molecule has 4 rings (SSSR count). The molecule has 0 N–H and O–H groups in total. The third kappa shape index (κ3) is 3.28. The van der Waals surface area contributed by atoms with Crippen LogP contribution in [0.1, 0.15) is 37.5 Å². The van der Waals surface area contributed by atoms with Crippen LogP contribution in [-0.4, -0.2) is 9.36 Å². The average Bonchev–Trinajstić information content (AvgIpc) is 3.22. The molecule has 136 valence electrons. The summed E-state index contributed by atoms with van der Waals surface area (Å²) in [4.78, 5) is 5.76. The number of hydrogen-bond acceptors (Lipinski definition) is 3. The number of benzene rings is 2. The Kier molecular flexibility index (Phi) is 5.04. The Balaban J connectivity index is 1.86. The van der Waals surface area contributed by atoms with Gasteiger partial charge in [-0.25, -0.2) is 0 Å². The Morgan fingerprint density at radius 3 is 2.33 bits per heavy atom. The average molecular weight is 373 g/mol. The summed E-state index contributed by atoms with van der Waals surface area (Å²) in [6, 6.07) is 15.3. The minimum atomic E-state index is 1.02. The van der Waals surface area contributed by atoms with E-state index in [4.69, 9.17) is 0 Å². The monoisotopic (exact) mass is 372 g/mol. The van der Waals surface area contributed by atoms with E-state index in [1.54, 1.807) is 11.5 Å². The molecule has 0 amide bonds. The summed E-state index contributed by atoms with van der Waals surface area (Å²) in [5, 5.41) is 1.17. The van der Waals surface area contributed by atoms with Crippen LogP contribution < -0.4 is 0 Å². The van der Waals surface area contributed by atoms with Crippen LogP contribution >= 0.6 is 11.5 Å². The van der Waals surface area contributed by atoms with E-state index in [-0.39, 0.29) is 0 Å². The van der Waals surface area contributed by atoms with Crippen molar-refractivity contribution in [2.24, 2.45) is 0 Å². The highest BCUT2D eigenvalue weighted by molar-refractivity contribution is 7.10. The van der Waals surface area contributed by atoms with Gasteiger partial charge in [-0.15, -0.1) is 0 Å². The van der Waals surface area contributed by atoms with Gasteiger partial charge in [0.2, 0.25) is 0 Å². The van der Waals surface area contributed by atoms with Crippen molar-refractivity contribution in [3.8, 4) is 21.6 Å². The van der Waals surface area contributed by atoms with Gasteiger partial charge in [-0.05, 0) is 82.9 Å². The van der Waals surface area contributed by atoms with Crippen molar-refractivity contribution >= 4 is 22.4 Å². The van der Waals surface area contributed by atoms with Gasteiger partial charge in [0.25, 0.3) is 0 Å². The Bertz CT molecular complexity index is 1070. The molecule has 4 aromatic rings. The summed E-state index contributed by atoms with van der Waals surface area (Å²) in [5.41, 5.74) is 9.14. The first kappa shape index (κ1) is 17.9.